The van der Waals surface area contributed by atoms with Crippen molar-refractivity contribution in [3.05, 3.63) is 35.9 Å². The molecular formula is C22H32N4O5S. The molecule has 176 valence electrons. The molecule has 0 bridgehead atoms. The Kier molecular flexibility index (Phi) is 7.24. The second kappa shape index (κ2) is 9.58. The van der Waals surface area contributed by atoms with E-state index in [0.29, 0.717) is 19.0 Å². The van der Waals surface area contributed by atoms with Gasteiger partial charge in [0.15, 0.2) is 0 Å². The molecule has 2 heterocycles. The maximum absolute atomic E-state index is 12.9. The summed E-state index contributed by atoms with van der Waals surface area (Å²) in [5.74, 6) is -0.663. The fourth-order valence-electron chi connectivity index (χ4n) is 4.29. The highest BCUT2D eigenvalue weighted by molar-refractivity contribution is 7.88. The third-order valence-electron chi connectivity index (χ3n) is 6.60. The number of benzene rings is 1. The number of carbonyl (C=O) groups excluding carboxylic acids is 3. The first-order valence-corrected chi connectivity index (χ1v) is 12.7. The summed E-state index contributed by atoms with van der Waals surface area (Å²) in [5, 5.41) is 2.62. The van der Waals surface area contributed by atoms with Crippen LogP contribution in [0.15, 0.2) is 30.3 Å². The molecule has 1 N–H and O–H groups in total. The van der Waals surface area contributed by atoms with Crippen LogP contribution in [0, 0.1) is 5.92 Å². The Bertz CT molecular complexity index is 960. The Morgan fingerprint density at radius 1 is 1.16 bits per heavy atom. The highest BCUT2D eigenvalue weighted by Gasteiger charge is 2.47. The average molecular weight is 465 g/mol. The Morgan fingerprint density at radius 3 is 2.38 bits per heavy atom. The summed E-state index contributed by atoms with van der Waals surface area (Å²) in [5.41, 5.74) is -0.0893. The van der Waals surface area contributed by atoms with E-state index in [0.717, 1.165) is 29.8 Å². The van der Waals surface area contributed by atoms with E-state index in [4.69, 9.17) is 0 Å². The minimum absolute atomic E-state index is 0.154. The molecule has 0 radical (unpaired) electrons. The van der Waals surface area contributed by atoms with Gasteiger partial charge in [-0.1, -0.05) is 30.3 Å². The second-order valence-electron chi connectivity index (χ2n) is 8.95. The molecule has 9 nitrogen and oxygen atoms in total. The lowest BCUT2D eigenvalue weighted by Gasteiger charge is -2.44. The molecule has 1 aromatic carbocycles. The zero-order valence-electron chi connectivity index (χ0n) is 18.9. The number of likely N-dealkylation sites (tertiary alicyclic amines) is 1. The van der Waals surface area contributed by atoms with Crippen molar-refractivity contribution >= 4 is 27.7 Å². The van der Waals surface area contributed by atoms with Crippen LogP contribution in [-0.4, -0.2) is 91.8 Å². The maximum atomic E-state index is 12.9. The van der Waals surface area contributed by atoms with Gasteiger partial charge in [-0.05, 0) is 37.7 Å². The summed E-state index contributed by atoms with van der Waals surface area (Å²) in [7, 11) is -2.16. The number of sulfonamides is 1. The molecule has 0 aromatic heterocycles. The lowest BCUT2D eigenvalue weighted by molar-refractivity contribution is -0.150. The molecule has 0 unspecified atom stereocenters. The van der Waals surface area contributed by atoms with E-state index in [-0.39, 0.29) is 25.5 Å². The van der Waals surface area contributed by atoms with Gasteiger partial charge in [0, 0.05) is 26.7 Å². The van der Waals surface area contributed by atoms with Crippen LogP contribution in [0.5, 0.6) is 0 Å². The van der Waals surface area contributed by atoms with E-state index in [9.17, 15) is 22.8 Å². The topological polar surface area (TPSA) is 107 Å². The van der Waals surface area contributed by atoms with Crippen LogP contribution < -0.4 is 5.32 Å². The lowest BCUT2D eigenvalue weighted by atomic mass is 9.90. The van der Waals surface area contributed by atoms with Gasteiger partial charge in [-0.2, -0.15) is 4.31 Å². The van der Waals surface area contributed by atoms with E-state index in [1.165, 1.54) is 24.4 Å². The smallest absolute Gasteiger partial charge is 0.247 e. The molecule has 3 amide bonds. The van der Waals surface area contributed by atoms with Crippen molar-refractivity contribution in [2.45, 2.75) is 31.7 Å². The molecule has 2 aliphatic heterocycles. The molecule has 0 spiro atoms. The molecule has 2 aliphatic rings. The summed E-state index contributed by atoms with van der Waals surface area (Å²) in [6.45, 7) is 2.16. The third-order valence-corrected chi connectivity index (χ3v) is 7.80. The first-order valence-electron chi connectivity index (χ1n) is 10.8. The Morgan fingerprint density at radius 2 is 1.78 bits per heavy atom. The minimum atomic E-state index is -3.63. The highest BCUT2D eigenvalue weighted by atomic mass is 32.2. The van der Waals surface area contributed by atoms with Crippen LogP contribution in [0.25, 0.3) is 0 Å². The number of hydrogen-bond acceptors (Lipinski definition) is 5. The number of piperidine rings is 1. The molecule has 0 saturated carbocycles. The molecule has 2 fully saturated rings. The number of nitrogens with one attached hydrogen (secondary N) is 1. The van der Waals surface area contributed by atoms with Gasteiger partial charge in [-0.25, -0.2) is 8.42 Å². The molecule has 0 aliphatic carbocycles. The quantitative estimate of drug-likeness (QED) is 0.642. The van der Waals surface area contributed by atoms with E-state index < -0.39 is 27.4 Å². The zero-order chi connectivity index (χ0) is 23.5. The fraction of sp³-hybridized carbons (Fsp3) is 0.591. The fourth-order valence-corrected chi connectivity index (χ4v) is 5.12. The molecule has 1 atom stereocenters. The van der Waals surface area contributed by atoms with Crippen LogP contribution in [0.4, 0.5) is 0 Å². The predicted octanol–water partition coefficient (Wildman–Crippen LogP) is 0.0762. The Balaban J connectivity index is 1.52. The van der Waals surface area contributed by atoms with Crippen molar-refractivity contribution in [2.24, 2.45) is 5.92 Å². The molecule has 1 aromatic rings. The summed E-state index contributed by atoms with van der Waals surface area (Å²) >= 11 is 0. The molecule has 32 heavy (non-hydrogen) atoms. The van der Waals surface area contributed by atoms with Crippen LogP contribution in [0.1, 0.15) is 25.3 Å². The van der Waals surface area contributed by atoms with Gasteiger partial charge in [-0.3, -0.25) is 14.4 Å². The zero-order valence-corrected chi connectivity index (χ0v) is 19.7. The average Bonchev–Trinajstić information content (AvgIpc) is 2.75. The number of rotatable bonds is 6. The predicted molar refractivity (Wildman–Crippen MR) is 120 cm³/mol. The summed E-state index contributed by atoms with van der Waals surface area (Å²) in [6, 6.07) is 10.3. The number of likely N-dealkylation sites (N-methyl/N-ethyl adjacent to an activating group) is 1. The largest absolute Gasteiger partial charge is 0.345 e. The maximum Gasteiger partial charge on any atom is 0.247 e. The van der Waals surface area contributed by atoms with Crippen LogP contribution in [0.2, 0.25) is 0 Å². The van der Waals surface area contributed by atoms with E-state index in [2.05, 4.69) is 17.4 Å². The van der Waals surface area contributed by atoms with E-state index in [1.807, 2.05) is 18.2 Å². The third kappa shape index (κ3) is 5.47. The van der Waals surface area contributed by atoms with Gasteiger partial charge in [0.25, 0.3) is 0 Å². The summed E-state index contributed by atoms with van der Waals surface area (Å²) < 4.78 is 24.8. The van der Waals surface area contributed by atoms with E-state index in [1.54, 1.807) is 4.90 Å². The van der Waals surface area contributed by atoms with Crippen molar-refractivity contribution in [3.8, 4) is 0 Å². The molecular weight excluding hydrogens is 432 g/mol. The van der Waals surface area contributed by atoms with Crippen molar-refractivity contribution in [2.75, 3.05) is 46.0 Å². The second-order valence-corrected chi connectivity index (χ2v) is 10.9. The Hall–Kier alpha value is -2.46. The van der Waals surface area contributed by atoms with Crippen LogP contribution >= 0.6 is 0 Å². The number of hydrogen-bond donors (Lipinski definition) is 1. The molecule has 3 rings (SSSR count). The van der Waals surface area contributed by atoms with Gasteiger partial charge in [0.05, 0.1) is 19.3 Å². The van der Waals surface area contributed by atoms with Crippen molar-refractivity contribution in [3.63, 3.8) is 0 Å². The monoisotopic (exact) mass is 464 g/mol. The van der Waals surface area contributed by atoms with Crippen LogP contribution in [0.3, 0.4) is 0 Å². The summed E-state index contributed by atoms with van der Waals surface area (Å²) in [4.78, 5) is 40.8. The van der Waals surface area contributed by atoms with Gasteiger partial charge >= 0.3 is 0 Å². The standard InChI is InChI=1S/C22H32N4O5S/c1-22(16-26(32(3,30)31)15-20(28)24(22)2)21(29)23-14-19(27)25-11-9-18(10-12-25)13-17-7-5-4-6-8-17/h4-8,18H,9-16H2,1-3H3,(H,23,29)/t22-/m0/s1. The molecule has 2 saturated heterocycles. The first-order chi connectivity index (χ1) is 15.0. The van der Waals surface area contributed by atoms with Crippen molar-refractivity contribution < 1.29 is 22.8 Å². The number of piperazine rings is 1. The SMILES string of the molecule is CN1C(=O)CN(S(C)(=O)=O)C[C@@]1(C)C(=O)NCC(=O)N1CCC(Cc2ccccc2)CC1. The number of carbonyl (C=O) groups is 3. The van der Waals surface area contributed by atoms with Crippen LogP contribution in [-0.2, 0) is 30.8 Å². The summed E-state index contributed by atoms with van der Waals surface area (Å²) in [6.07, 6.45) is 3.82. The number of nitrogens with zero attached hydrogens (tertiary/aromatic N) is 3. The molecule has 10 heteroatoms. The van der Waals surface area contributed by atoms with Gasteiger partial charge in [0.1, 0.15) is 5.54 Å². The lowest BCUT2D eigenvalue weighted by Crippen LogP contribution is -2.68. The van der Waals surface area contributed by atoms with Crippen molar-refractivity contribution in [1.29, 1.82) is 0 Å². The van der Waals surface area contributed by atoms with Gasteiger partial charge in [0.2, 0.25) is 27.7 Å². The van der Waals surface area contributed by atoms with Crippen molar-refractivity contribution in [1.82, 2.24) is 19.4 Å². The Labute approximate surface area is 189 Å². The minimum Gasteiger partial charge on any atom is -0.345 e. The van der Waals surface area contributed by atoms with E-state index >= 15 is 0 Å². The normalized spacial score (nSPS) is 23.3. The van der Waals surface area contributed by atoms with Gasteiger partial charge < -0.3 is 15.1 Å². The number of amides is 3. The highest BCUT2D eigenvalue weighted by Crippen LogP contribution is 2.24. The van der Waals surface area contributed by atoms with Gasteiger partial charge in [-0.15, -0.1) is 0 Å². The first kappa shape index (κ1) is 24.2.